The first-order chi connectivity index (χ1) is 20.7. The van der Waals surface area contributed by atoms with E-state index < -0.39 is 17.3 Å². The van der Waals surface area contributed by atoms with Crippen LogP contribution in [0.3, 0.4) is 0 Å². The number of nitrogens with zero attached hydrogens (tertiary/aromatic N) is 4. The van der Waals surface area contributed by atoms with Crippen LogP contribution >= 0.6 is 0 Å². The number of carbonyl (C=O) groups excluding carboxylic acids is 2. The van der Waals surface area contributed by atoms with Crippen LogP contribution in [-0.2, 0) is 4.79 Å². The Morgan fingerprint density at radius 3 is 2.25 bits per heavy atom. The summed E-state index contributed by atoms with van der Waals surface area (Å²) in [6.45, 7) is 10.9. The Kier molecular flexibility index (Phi) is 10.1. The lowest BCUT2D eigenvalue weighted by Crippen LogP contribution is -2.51. The molecule has 2 amide bonds. The molecule has 10 heteroatoms. The van der Waals surface area contributed by atoms with Crippen molar-refractivity contribution >= 4 is 23.4 Å². The number of hydrogen-bond acceptors (Lipinski definition) is 5. The lowest BCUT2D eigenvalue weighted by molar-refractivity contribution is -0.133. The number of carbonyl (C=O) groups is 2. The van der Waals surface area contributed by atoms with Crippen molar-refractivity contribution in [2.24, 2.45) is 32.5 Å². The van der Waals surface area contributed by atoms with Gasteiger partial charge in [-0.3, -0.25) is 20.0 Å². The van der Waals surface area contributed by atoms with Crippen molar-refractivity contribution in [1.29, 1.82) is 5.41 Å². The van der Waals surface area contributed by atoms with Crippen LogP contribution in [0.25, 0.3) is 0 Å². The molecule has 0 aromatic heterocycles. The summed E-state index contributed by atoms with van der Waals surface area (Å²) in [6.07, 6.45) is 4.58. The summed E-state index contributed by atoms with van der Waals surface area (Å²) in [5.74, 6) is -1.40. The van der Waals surface area contributed by atoms with Gasteiger partial charge >= 0.3 is 0 Å². The SMILES string of the molecule is CN=NC(=N)CNC(=O)c1ccc([C@@H](CCC(C)C)N2C(=O)C(c3cc(F)cc(F)c3)=NC23CCC(C(C)(C)C)CC3)cc1. The summed E-state index contributed by atoms with van der Waals surface area (Å²) in [5.41, 5.74) is 0.798. The smallest absolute Gasteiger partial charge is 0.275 e. The number of benzene rings is 2. The summed E-state index contributed by atoms with van der Waals surface area (Å²) in [6, 6.07) is 9.94. The first kappa shape index (κ1) is 33.1. The molecule has 44 heavy (non-hydrogen) atoms. The molecule has 2 aromatic carbocycles. The summed E-state index contributed by atoms with van der Waals surface area (Å²) in [5, 5.41) is 17.5. The summed E-state index contributed by atoms with van der Waals surface area (Å²) < 4.78 is 28.6. The van der Waals surface area contributed by atoms with Crippen LogP contribution in [0.15, 0.2) is 57.7 Å². The molecule has 1 fully saturated rings. The zero-order valence-electron chi connectivity index (χ0n) is 26.6. The summed E-state index contributed by atoms with van der Waals surface area (Å²) in [4.78, 5) is 34.0. The van der Waals surface area contributed by atoms with Crippen molar-refractivity contribution in [2.75, 3.05) is 13.6 Å². The standard InChI is InChI=1S/C34H44F2N6O2/c1-21(2)7-12-28(22-8-10-23(11-9-22)31(43)39-20-29(37)41-38-6)42-32(44)30(24-17-26(35)19-27(36)18-24)40-34(42)15-13-25(14-16-34)33(3,4)5/h8-11,17-19,21,25,28,37H,7,12-16,20H2,1-6H3,(H,39,43)/t25?,28-,34?/m1/s1. The fraction of sp³-hybridized carbons (Fsp3) is 0.529. The number of halogens is 2. The molecule has 0 bridgehead atoms. The highest BCUT2D eigenvalue weighted by Gasteiger charge is 2.52. The van der Waals surface area contributed by atoms with E-state index in [1.807, 2.05) is 17.0 Å². The molecule has 0 saturated heterocycles. The van der Waals surface area contributed by atoms with Gasteiger partial charge in [-0.05, 0) is 85.6 Å². The molecule has 1 aliphatic heterocycles. The fourth-order valence-electron chi connectivity index (χ4n) is 6.44. The van der Waals surface area contributed by atoms with Gasteiger partial charge in [0.15, 0.2) is 5.84 Å². The number of azo groups is 1. The Morgan fingerprint density at radius 1 is 1.09 bits per heavy atom. The van der Waals surface area contributed by atoms with Crippen molar-refractivity contribution in [1.82, 2.24) is 10.2 Å². The minimum Gasteiger partial charge on any atom is -0.345 e. The van der Waals surface area contributed by atoms with Crippen LogP contribution in [0.5, 0.6) is 0 Å². The second-order valence-corrected chi connectivity index (χ2v) is 13.5. The molecule has 8 nitrogen and oxygen atoms in total. The monoisotopic (exact) mass is 606 g/mol. The Balaban J connectivity index is 1.72. The summed E-state index contributed by atoms with van der Waals surface area (Å²) >= 11 is 0. The molecule has 2 N–H and O–H groups in total. The maximum absolute atomic E-state index is 14.4. The van der Waals surface area contributed by atoms with Crippen LogP contribution in [-0.4, -0.2) is 47.5 Å². The lowest BCUT2D eigenvalue weighted by atomic mass is 9.69. The van der Waals surface area contributed by atoms with E-state index in [9.17, 15) is 18.4 Å². The van der Waals surface area contributed by atoms with Gasteiger partial charge in [0.05, 0.1) is 12.6 Å². The molecule has 2 aromatic rings. The Morgan fingerprint density at radius 2 is 1.70 bits per heavy atom. The number of hydrogen-bond donors (Lipinski definition) is 2. The third-order valence-electron chi connectivity index (χ3n) is 8.86. The minimum atomic E-state index is -0.831. The van der Waals surface area contributed by atoms with Gasteiger partial charge in [-0.15, -0.1) is 5.11 Å². The van der Waals surface area contributed by atoms with E-state index in [0.29, 0.717) is 36.7 Å². The average Bonchev–Trinajstić information content (AvgIpc) is 3.22. The molecule has 1 spiro atoms. The van der Waals surface area contributed by atoms with Gasteiger partial charge in [0.1, 0.15) is 23.0 Å². The third kappa shape index (κ3) is 7.45. The quantitative estimate of drug-likeness (QED) is 0.175. The number of nitrogens with one attached hydrogen (secondary N) is 2. The lowest BCUT2D eigenvalue weighted by Gasteiger charge is -2.47. The van der Waals surface area contributed by atoms with E-state index in [4.69, 9.17) is 10.4 Å². The molecule has 1 atom stereocenters. The second kappa shape index (κ2) is 13.4. The third-order valence-corrected chi connectivity index (χ3v) is 8.86. The fourth-order valence-corrected chi connectivity index (χ4v) is 6.44. The van der Waals surface area contributed by atoms with Gasteiger partial charge in [0, 0.05) is 24.2 Å². The van der Waals surface area contributed by atoms with E-state index >= 15 is 0 Å². The first-order valence-corrected chi connectivity index (χ1v) is 15.4. The Labute approximate surface area is 258 Å². The van der Waals surface area contributed by atoms with Gasteiger partial charge in [-0.2, -0.15) is 5.11 Å². The summed E-state index contributed by atoms with van der Waals surface area (Å²) in [7, 11) is 1.46. The number of rotatable bonds is 9. The Hall–Kier alpha value is -3.82. The van der Waals surface area contributed by atoms with Crippen molar-refractivity contribution in [3.8, 4) is 0 Å². The predicted molar refractivity (Wildman–Crippen MR) is 168 cm³/mol. The van der Waals surface area contributed by atoms with Gasteiger partial charge in [0.25, 0.3) is 11.8 Å². The van der Waals surface area contributed by atoms with Crippen LogP contribution < -0.4 is 5.32 Å². The maximum atomic E-state index is 14.4. The van der Waals surface area contributed by atoms with E-state index in [0.717, 1.165) is 30.9 Å². The van der Waals surface area contributed by atoms with E-state index in [-0.39, 0.29) is 46.9 Å². The normalized spacial score (nSPS) is 21.3. The van der Waals surface area contributed by atoms with E-state index in [1.165, 1.54) is 19.2 Å². The van der Waals surface area contributed by atoms with Gasteiger partial charge in [-0.1, -0.05) is 46.8 Å². The van der Waals surface area contributed by atoms with Crippen molar-refractivity contribution in [2.45, 2.75) is 84.8 Å². The zero-order valence-corrected chi connectivity index (χ0v) is 26.6. The molecular weight excluding hydrogens is 562 g/mol. The van der Waals surface area contributed by atoms with Crippen molar-refractivity contribution in [3.63, 3.8) is 0 Å². The Bertz CT molecular complexity index is 1420. The van der Waals surface area contributed by atoms with E-state index in [1.54, 1.807) is 12.1 Å². The largest absolute Gasteiger partial charge is 0.345 e. The van der Waals surface area contributed by atoms with Crippen molar-refractivity contribution < 1.29 is 18.4 Å². The highest BCUT2D eigenvalue weighted by atomic mass is 19.1. The second-order valence-electron chi connectivity index (χ2n) is 13.5. The maximum Gasteiger partial charge on any atom is 0.275 e. The molecule has 236 valence electrons. The minimum absolute atomic E-state index is 0.0455. The molecular formula is C34H44F2N6O2. The molecule has 1 heterocycles. The number of amidine groups is 1. The molecule has 2 aliphatic rings. The molecule has 0 unspecified atom stereocenters. The van der Waals surface area contributed by atoms with Crippen LogP contribution in [0.4, 0.5) is 8.78 Å². The molecule has 0 radical (unpaired) electrons. The molecule has 1 aliphatic carbocycles. The molecule has 4 rings (SSSR count). The highest BCUT2D eigenvalue weighted by molar-refractivity contribution is 6.46. The van der Waals surface area contributed by atoms with Crippen molar-refractivity contribution in [3.05, 3.63) is 70.8 Å². The zero-order chi connectivity index (χ0) is 32.2. The van der Waals surface area contributed by atoms with E-state index in [2.05, 4.69) is 50.2 Å². The number of amides is 2. The number of aliphatic imine (C=N–C) groups is 1. The van der Waals surface area contributed by atoms with Gasteiger partial charge in [0.2, 0.25) is 0 Å². The average molecular weight is 607 g/mol. The first-order valence-electron chi connectivity index (χ1n) is 15.4. The van der Waals surface area contributed by atoms with Crippen LogP contribution in [0.2, 0.25) is 0 Å². The van der Waals surface area contributed by atoms with Gasteiger partial charge < -0.3 is 10.2 Å². The van der Waals surface area contributed by atoms with Crippen LogP contribution in [0, 0.1) is 34.3 Å². The van der Waals surface area contributed by atoms with Gasteiger partial charge in [-0.25, -0.2) is 8.78 Å². The topological polar surface area (TPSA) is 110 Å². The molecule has 1 saturated carbocycles. The predicted octanol–water partition coefficient (Wildman–Crippen LogP) is 7.50. The highest BCUT2D eigenvalue weighted by Crippen LogP contribution is 2.50. The van der Waals surface area contributed by atoms with Crippen LogP contribution in [0.1, 0.15) is 101 Å².